The van der Waals surface area contributed by atoms with Gasteiger partial charge >= 0.3 is 6.03 Å². The first-order valence-corrected chi connectivity index (χ1v) is 9.40. The number of hydrogen-bond acceptors (Lipinski definition) is 3. The highest BCUT2D eigenvalue weighted by Crippen LogP contribution is 2.18. The molecule has 2 heterocycles. The van der Waals surface area contributed by atoms with Gasteiger partial charge in [-0.2, -0.15) is 0 Å². The van der Waals surface area contributed by atoms with Gasteiger partial charge < -0.3 is 19.9 Å². The van der Waals surface area contributed by atoms with E-state index in [9.17, 15) is 9.59 Å². The normalized spacial score (nSPS) is 24.3. The van der Waals surface area contributed by atoms with Crippen LogP contribution < -0.4 is 19.9 Å². The lowest BCUT2D eigenvalue weighted by Crippen LogP contribution is -3.29. The lowest BCUT2D eigenvalue weighted by atomic mass is 10.1. The number of hydrogen-bond donors (Lipinski definition) is 3. The molecule has 3 amide bonds. The van der Waals surface area contributed by atoms with Crippen LogP contribution in [0.15, 0.2) is 18.2 Å². The molecular formula is C19H30N4O3+2. The standard InChI is InChI=1S/C19H28N4O3/c1-14-4-5-17(26-3)16(12-14)13-21-8-10-22(11-9-21)15(2)18(24)23-7-6-20-19(23)25/h4-5,12,15H,6-11,13H2,1-3H3,(H,20,25)/p+2/t15-/m1/s1. The highest BCUT2D eigenvalue weighted by atomic mass is 16.5. The van der Waals surface area contributed by atoms with Gasteiger partial charge in [0.15, 0.2) is 6.04 Å². The zero-order chi connectivity index (χ0) is 18.7. The fourth-order valence-corrected chi connectivity index (χ4v) is 3.94. The van der Waals surface area contributed by atoms with Gasteiger partial charge in [0.25, 0.3) is 5.91 Å². The summed E-state index contributed by atoms with van der Waals surface area (Å²) >= 11 is 0. The zero-order valence-corrected chi connectivity index (χ0v) is 15.9. The summed E-state index contributed by atoms with van der Waals surface area (Å²) in [7, 11) is 1.72. The molecule has 0 bridgehead atoms. The first kappa shape index (κ1) is 18.7. The Morgan fingerprint density at radius 2 is 2.04 bits per heavy atom. The molecule has 3 rings (SSSR count). The van der Waals surface area contributed by atoms with Crippen LogP contribution in [0, 0.1) is 6.92 Å². The number of carbonyl (C=O) groups excluding carboxylic acids is 2. The molecule has 142 valence electrons. The van der Waals surface area contributed by atoms with Crippen LogP contribution in [-0.4, -0.2) is 69.3 Å². The molecule has 0 spiro atoms. The number of piperazine rings is 1. The van der Waals surface area contributed by atoms with Crippen molar-refractivity contribution in [2.75, 3.05) is 46.4 Å². The number of urea groups is 1. The van der Waals surface area contributed by atoms with Crippen molar-refractivity contribution < 1.29 is 24.1 Å². The lowest BCUT2D eigenvalue weighted by Gasteiger charge is -2.33. The van der Waals surface area contributed by atoms with E-state index in [-0.39, 0.29) is 18.0 Å². The molecule has 0 unspecified atom stereocenters. The van der Waals surface area contributed by atoms with E-state index in [1.807, 2.05) is 13.0 Å². The fraction of sp³-hybridized carbons (Fsp3) is 0.579. The van der Waals surface area contributed by atoms with Crippen LogP contribution in [0.2, 0.25) is 0 Å². The topological polar surface area (TPSA) is 67.5 Å². The van der Waals surface area contributed by atoms with E-state index in [0.717, 1.165) is 38.5 Å². The van der Waals surface area contributed by atoms with Crippen molar-refractivity contribution >= 4 is 11.9 Å². The fourth-order valence-electron chi connectivity index (χ4n) is 3.94. The highest BCUT2D eigenvalue weighted by Gasteiger charge is 2.37. The number of benzene rings is 1. The van der Waals surface area contributed by atoms with Crippen LogP contribution >= 0.6 is 0 Å². The predicted molar refractivity (Wildman–Crippen MR) is 97.4 cm³/mol. The predicted octanol–water partition coefficient (Wildman–Crippen LogP) is -1.77. The average molecular weight is 362 g/mol. The van der Waals surface area contributed by atoms with E-state index in [4.69, 9.17) is 4.74 Å². The molecule has 3 N–H and O–H groups in total. The molecule has 2 aliphatic heterocycles. The van der Waals surface area contributed by atoms with Crippen molar-refractivity contribution in [1.82, 2.24) is 10.2 Å². The second-order valence-corrected chi connectivity index (χ2v) is 7.34. The number of imide groups is 1. The van der Waals surface area contributed by atoms with Gasteiger partial charge in [0.1, 0.15) is 38.5 Å². The van der Waals surface area contributed by atoms with Crippen molar-refractivity contribution in [3.05, 3.63) is 29.3 Å². The number of aryl methyl sites for hydroxylation is 1. The van der Waals surface area contributed by atoms with Gasteiger partial charge in [-0.15, -0.1) is 0 Å². The Bertz CT molecular complexity index is 671. The van der Waals surface area contributed by atoms with Crippen molar-refractivity contribution in [3.8, 4) is 5.75 Å². The molecule has 7 heteroatoms. The Morgan fingerprint density at radius 3 is 2.65 bits per heavy atom. The number of nitrogens with one attached hydrogen (secondary N) is 3. The minimum Gasteiger partial charge on any atom is -0.496 e. The molecule has 2 aliphatic rings. The molecule has 1 aromatic carbocycles. The van der Waals surface area contributed by atoms with Crippen LogP contribution in [0.5, 0.6) is 5.75 Å². The minimum atomic E-state index is -0.253. The summed E-state index contributed by atoms with van der Waals surface area (Å²) in [5.41, 5.74) is 2.48. The quantitative estimate of drug-likeness (QED) is 0.581. The van der Waals surface area contributed by atoms with Crippen LogP contribution in [-0.2, 0) is 11.3 Å². The Kier molecular flexibility index (Phi) is 5.78. The van der Waals surface area contributed by atoms with Gasteiger partial charge in [0.05, 0.1) is 7.11 Å². The SMILES string of the molecule is COc1ccc(C)cc1C[NH+]1CC[NH+]([C@H](C)C(=O)N2CCNC2=O)CC1. The molecule has 0 saturated carbocycles. The van der Waals surface area contributed by atoms with E-state index in [1.54, 1.807) is 7.11 Å². The smallest absolute Gasteiger partial charge is 0.324 e. The number of nitrogens with zero attached hydrogens (tertiary/aromatic N) is 1. The lowest BCUT2D eigenvalue weighted by molar-refractivity contribution is -1.02. The summed E-state index contributed by atoms with van der Waals surface area (Å²) in [6.07, 6.45) is 0. The van der Waals surface area contributed by atoms with E-state index < -0.39 is 0 Å². The van der Waals surface area contributed by atoms with Crippen LogP contribution in [0.3, 0.4) is 0 Å². The number of ether oxygens (including phenoxy) is 1. The maximum absolute atomic E-state index is 12.6. The molecule has 0 aromatic heterocycles. The third-order valence-electron chi connectivity index (χ3n) is 5.58. The van der Waals surface area contributed by atoms with Gasteiger partial charge in [0, 0.05) is 18.7 Å². The van der Waals surface area contributed by atoms with Gasteiger partial charge in [0.2, 0.25) is 0 Å². The van der Waals surface area contributed by atoms with E-state index in [2.05, 4.69) is 24.4 Å². The average Bonchev–Trinajstić information content (AvgIpc) is 3.07. The summed E-state index contributed by atoms with van der Waals surface area (Å²) in [5, 5.41) is 2.70. The van der Waals surface area contributed by atoms with Crippen LogP contribution in [0.25, 0.3) is 0 Å². The molecule has 2 saturated heterocycles. The van der Waals surface area contributed by atoms with Crippen molar-refractivity contribution in [2.24, 2.45) is 0 Å². The molecule has 7 nitrogen and oxygen atoms in total. The second kappa shape index (κ2) is 8.05. The van der Waals surface area contributed by atoms with Crippen LogP contribution in [0.4, 0.5) is 4.79 Å². The van der Waals surface area contributed by atoms with Gasteiger partial charge in [-0.25, -0.2) is 4.79 Å². The first-order valence-electron chi connectivity index (χ1n) is 9.40. The second-order valence-electron chi connectivity index (χ2n) is 7.34. The Morgan fingerprint density at radius 1 is 1.31 bits per heavy atom. The van der Waals surface area contributed by atoms with Crippen molar-refractivity contribution in [3.63, 3.8) is 0 Å². The number of methoxy groups -OCH3 is 1. The first-order chi connectivity index (χ1) is 12.5. The molecule has 2 fully saturated rings. The Balaban J connectivity index is 1.55. The Labute approximate surface area is 154 Å². The van der Waals surface area contributed by atoms with Crippen molar-refractivity contribution in [1.29, 1.82) is 0 Å². The van der Waals surface area contributed by atoms with E-state index in [1.165, 1.54) is 25.8 Å². The molecule has 26 heavy (non-hydrogen) atoms. The highest BCUT2D eigenvalue weighted by molar-refractivity contribution is 5.97. The summed E-state index contributed by atoms with van der Waals surface area (Å²) in [6, 6.07) is 5.88. The monoisotopic (exact) mass is 362 g/mol. The maximum atomic E-state index is 12.6. The summed E-state index contributed by atoms with van der Waals surface area (Å²) in [5.74, 6) is 0.889. The van der Waals surface area contributed by atoms with Gasteiger partial charge in [-0.1, -0.05) is 11.6 Å². The number of carbonyl (C=O) groups is 2. The van der Waals surface area contributed by atoms with E-state index >= 15 is 0 Å². The third kappa shape index (κ3) is 3.99. The van der Waals surface area contributed by atoms with Gasteiger partial charge in [-0.3, -0.25) is 9.69 Å². The Hall–Kier alpha value is -2.12. The third-order valence-corrected chi connectivity index (χ3v) is 5.58. The molecular weight excluding hydrogens is 332 g/mol. The summed E-state index contributed by atoms with van der Waals surface area (Å²) in [6.45, 7) is 9.92. The van der Waals surface area contributed by atoms with E-state index in [0.29, 0.717) is 13.1 Å². The largest absolute Gasteiger partial charge is 0.496 e. The van der Waals surface area contributed by atoms with Gasteiger partial charge in [-0.05, 0) is 26.0 Å². The number of rotatable bonds is 5. The zero-order valence-electron chi connectivity index (χ0n) is 15.9. The van der Waals surface area contributed by atoms with Crippen molar-refractivity contribution in [2.45, 2.75) is 26.4 Å². The summed E-state index contributed by atoms with van der Waals surface area (Å²) < 4.78 is 5.49. The number of quaternary nitrogens is 2. The summed E-state index contributed by atoms with van der Waals surface area (Å²) in [4.78, 5) is 28.4. The number of amides is 3. The minimum absolute atomic E-state index is 0.0567. The van der Waals surface area contributed by atoms with Crippen LogP contribution in [0.1, 0.15) is 18.1 Å². The maximum Gasteiger partial charge on any atom is 0.324 e. The molecule has 1 aromatic rings. The molecule has 0 aliphatic carbocycles. The molecule has 0 radical (unpaired) electrons. The molecule has 1 atom stereocenters.